The number of methoxy groups -OCH3 is 1. The summed E-state index contributed by atoms with van der Waals surface area (Å²) in [5, 5.41) is 3.84. The lowest BCUT2D eigenvalue weighted by Crippen LogP contribution is -2.42. The van der Waals surface area contributed by atoms with E-state index in [0.717, 1.165) is 24.1 Å². The first-order chi connectivity index (χ1) is 19.4. The third-order valence-electron chi connectivity index (χ3n) is 6.60. The number of benzene rings is 3. The highest BCUT2D eigenvalue weighted by atomic mass is 35.5. The standard InChI is InChI=1S/C30H28Cl2N4O4/c1-39-23-7-4-6-22(16-23)36-18-27(20-11-13-21(31)14-12-20)33-30(36)34-28(37)19-35(17-24-8-5-15-40-24)29(38)25-9-2-3-10-26(25)32/h2-4,6-7,9-14,16,18,24H,5,8,15,17,19H2,1H3,(H,33,34,37)/t24-/m1/s1. The molecule has 1 N–H and O–H groups in total. The Hall–Kier alpha value is -3.85. The zero-order chi connectivity index (χ0) is 28.1. The molecule has 0 radical (unpaired) electrons. The Morgan fingerprint density at radius 2 is 1.90 bits per heavy atom. The first-order valence-corrected chi connectivity index (χ1v) is 13.6. The van der Waals surface area contributed by atoms with Gasteiger partial charge in [-0.1, -0.05) is 53.5 Å². The van der Waals surface area contributed by atoms with Gasteiger partial charge in [0.2, 0.25) is 11.9 Å². The average molecular weight is 579 g/mol. The highest BCUT2D eigenvalue weighted by Gasteiger charge is 2.27. The van der Waals surface area contributed by atoms with E-state index in [1.807, 2.05) is 42.6 Å². The lowest BCUT2D eigenvalue weighted by Gasteiger charge is -2.25. The van der Waals surface area contributed by atoms with Crippen LogP contribution in [-0.4, -0.2) is 59.2 Å². The van der Waals surface area contributed by atoms with E-state index in [0.29, 0.717) is 39.6 Å². The van der Waals surface area contributed by atoms with Gasteiger partial charge >= 0.3 is 0 Å². The molecule has 0 saturated carbocycles. The molecule has 3 aromatic carbocycles. The van der Waals surface area contributed by atoms with E-state index < -0.39 is 5.91 Å². The van der Waals surface area contributed by atoms with Crippen molar-refractivity contribution < 1.29 is 19.1 Å². The molecule has 2 amide bonds. The van der Waals surface area contributed by atoms with Crippen LogP contribution in [0.25, 0.3) is 16.9 Å². The van der Waals surface area contributed by atoms with Gasteiger partial charge in [-0.15, -0.1) is 0 Å². The van der Waals surface area contributed by atoms with E-state index >= 15 is 0 Å². The smallest absolute Gasteiger partial charge is 0.255 e. The molecule has 0 spiro atoms. The van der Waals surface area contributed by atoms with Crippen LogP contribution < -0.4 is 10.1 Å². The number of ether oxygens (including phenoxy) is 2. The number of anilines is 1. The number of carbonyl (C=O) groups is 2. The predicted molar refractivity (Wildman–Crippen MR) is 156 cm³/mol. The molecule has 1 aliphatic heterocycles. The number of rotatable bonds is 9. The Labute approximate surface area is 242 Å². The number of nitrogens with zero attached hydrogens (tertiary/aromatic N) is 3. The first-order valence-electron chi connectivity index (χ1n) is 12.9. The van der Waals surface area contributed by atoms with E-state index in [2.05, 4.69) is 5.32 Å². The van der Waals surface area contributed by atoms with Crippen LogP contribution in [0.2, 0.25) is 10.0 Å². The molecule has 8 nitrogen and oxygen atoms in total. The molecule has 1 saturated heterocycles. The van der Waals surface area contributed by atoms with Gasteiger partial charge in [0.25, 0.3) is 5.91 Å². The number of hydrogen-bond donors (Lipinski definition) is 1. The minimum absolute atomic E-state index is 0.144. The van der Waals surface area contributed by atoms with Crippen molar-refractivity contribution in [3.63, 3.8) is 0 Å². The van der Waals surface area contributed by atoms with Gasteiger partial charge < -0.3 is 14.4 Å². The quantitative estimate of drug-likeness (QED) is 0.259. The van der Waals surface area contributed by atoms with Gasteiger partial charge in [-0.2, -0.15) is 0 Å². The summed E-state index contributed by atoms with van der Waals surface area (Å²) in [6.45, 7) is 0.708. The van der Waals surface area contributed by atoms with Crippen LogP contribution in [0.15, 0.2) is 79.0 Å². The number of imidazole rings is 1. The lowest BCUT2D eigenvalue weighted by atomic mass is 10.1. The Balaban J connectivity index is 1.43. The number of aromatic nitrogens is 2. The second-order valence-electron chi connectivity index (χ2n) is 9.38. The Morgan fingerprint density at radius 1 is 1.10 bits per heavy atom. The van der Waals surface area contributed by atoms with Gasteiger partial charge in [0.15, 0.2) is 0 Å². The number of halogens is 2. The molecule has 1 atom stereocenters. The SMILES string of the molecule is COc1cccc(-n2cc(-c3ccc(Cl)cc3)nc2NC(=O)CN(C[C@H]2CCCO2)C(=O)c2ccccc2Cl)c1. The Morgan fingerprint density at radius 3 is 2.62 bits per heavy atom. The van der Waals surface area contributed by atoms with Crippen molar-refractivity contribution in [3.05, 3.63) is 94.6 Å². The summed E-state index contributed by atoms with van der Waals surface area (Å²) in [6.07, 6.45) is 3.41. The molecule has 206 valence electrons. The summed E-state index contributed by atoms with van der Waals surface area (Å²) in [5.74, 6) is 0.208. The molecule has 1 fully saturated rings. The van der Waals surface area contributed by atoms with Gasteiger partial charge in [-0.3, -0.25) is 19.5 Å². The summed E-state index contributed by atoms with van der Waals surface area (Å²) < 4.78 is 12.9. The third kappa shape index (κ3) is 6.47. The molecule has 2 heterocycles. The van der Waals surface area contributed by atoms with Crippen molar-refractivity contribution in [1.82, 2.24) is 14.5 Å². The lowest BCUT2D eigenvalue weighted by molar-refractivity contribution is -0.117. The maximum atomic E-state index is 13.5. The van der Waals surface area contributed by atoms with Crippen molar-refractivity contribution in [2.75, 3.05) is 32.1 Å². The number of nitrogens with one attached hydrogen (secondary N) is 1. The maximum Gasteiger partial charge on any atom is 0.255 e. The average Bonchev–Trinajstić information content (AvgIpc) is 3.63. The van der Waals surface area contributed by atoms with Crippen LogP contribution in [0.4, 0.5) is 5.95 Å². The van der Waals surface area contributed by atoms with E-state index in [1.165, 1.54) is 4.90 Å². The normalized spacial score (nSPS) is 14.6. The van der Waals surface area contributed by atoms with Crippen LogP contribution >= 0.6 is 23.2 Å². The minimum atomic E-state index is -0.407. The molecule has 1 aromatic heterocycles. The van der Waals surface area contributed by atoms with Crippen molar-refractivity contribution in [1.29, 1.82) is 0 Å². The van der Waals surface area contributed by atoms with Gasteiger partial charge in [0.05, 0.1) is 35.2 Å². The van der Waals surface area contributed by atoms with Crippen molar-refractivity contribution >= 4 is 41.0 Å². The molecule has 0 bridgehead atoms. The number of hydrogen-bond acceptors (Lipinski definition) is 5. The van der Waals surface area contributed by atoms with Crippen LogP contribution in [0.1, 0.15) is 23.2 Å². The summed E-state index contributed by atoms with van der Waals surface area (Å²) in [4.78, 5) is 33.1. The number of carbonyl (C=O) groups excluding carboxylic acids is 2. The van der Waals surface area contributed by atoms with Crippen LogP contribution in [0.3, 0.4) is 0 Å². The molecule has 40 heavy (non-hydrogen) atoms. The van der Waals surface area contributed by atoms with Gasteiger partial charge in [-0.05, 0) is 49.2 Å². The van der Waals surface area contributed by atoms with Gasteiger partial charge in [0.1, 0.15) is 12.3 Å². The Bertz CT molecular complexity index is 1500. The van der Waals surface area contributed by atoms with Gasteiger partial charge in [-0.25, -0.2) is 4.98 Å². The predicted octanol–water partition coefficient (Wildman–Crippen LogP) is 6.11. The molecular weight excluding hydrogens is 551 g/mol. The summed E-state index contributed by atoms with van der Waals surface area (Å²) >= 11 is 12.4. The molecular formula is C30H28Cl2N4O4. The summed E-state index contributed by atoms with van der Waals surface area (Å²) in [6, 6.07) is 21.5. The molecule has 0 aliphatic carbocycles. The highest BCUT2D eigenvalue weighted by Crippen LogP contribution is 2.27. The molecule has 10 heteroatoms. The molecule has 4 aromatic rings. The second kappa shape index (κ2) is 12.6. The van der Waals surface area contributed by atoms with Gasteiger partial charge in [0, 0.05) is 36.0 Å². The fraction of sp³-hybridized carbons (Fsp3) is 0.233. The topological polar surface area (TPSA) is 85.7 Å². The molecule has 1 aliphatic rings. The third-order valence-corrected chi connectivity index (χ3v) is 7.18. The fourth-order valence-corrected chi connectivity index (χ4v) is 4.92. The highest BCUT2D eigenvalue weighted by molar-refractivity contribution is 6.33. The zero-order valence-corrected chi connectivity index (χ0v) is 23.4. The van der Waals surface area contributed by atoms with E-state index in [9.17, 15) is 9.59 Å². The summed E-state index contributed by atoms with van der Waals surface area (Å²) in [7, 11) is 1.59. The van der Waals surface area contributed by atoms with E-state index in [1.54, 1.807) is 48.1 Å². The second-order valence-corrected chi connectivity index (χ2v) is 10.2. The fourth-order valence-electron chi connectivity index (χ4n) is 4.58. The monoisotopic (exact) mass is 578 g/mol. The van der Waals surface area contributed by atoms with Crippen LogP contribution in [-0.2, 0) is 9.53 Å². The summed E-state index contributed by atoms with van der Waals surface area (Å²) in [5.41, 5.74) is 2.54. The van der Waals surface area contributed by atoms with Crippen LogP contribution in [0, 0.1) is 0 Å². The van der Waals surface area contributed by atoms with Crippen molar-refractivity contribution in [3.8, 4) is 22.7 Å². The molecule has 0 unspecified atom stereocenters. The van der Waals surface area contributed by atoms with Crippen molar-refractivity contribution in [2.24, 2.45) is 0 Å². The van der Waals surface area contributed by atoms with Crippen LogP contribution in [0.5, 0.6) is 5.75 Å². The number of amides is 2. The minimum Gasteiger partial charge on any atom is -0.497 e. The largest absolute Gasteiger partial charge is 0.497 e. The zero-order valence-electron chi connectivity index (χ0n) is 21.8. The maximum absolute atomic E-state index is 13.5. The molecule has 5 rings (SSSR count). The Kier molecular flexibility index (Phi) is 8.69. The van der Waals surface area contributed by atoms with E-state index in [-0.39, 0.29) is 25.1 Å². The first kappa shape index (κ1) is 27.7. The van der Waals surface area contributed by atoms with Crippen molar-refractivity contribution in [2.45, 2.75) is 18.9 Å². The van der Waals surface area contributed by atoms with E-state index in [4.69, 9.17) is 37.7 Å².